The number of para-hydroxylation sites is 2. The van der Waals surface area contributed by atoms with Gasteiger partial charge < -0.3 is 9.88 Å². The van der Waals surface area contributed by atoms with E-state index in [9.17, 15) is 9.59 Å². The minimum atomic E-state index is -0.216. The summed E-state index contributed by atoms with van der Waals surface area (Å²) in [7, 11) is 0. The number of anilines is 1. The number of nitrogens with zero attached hydrogens (tertiary/aromatic N) is 4. The van der Waals surface area contributed by atoms with Crippen LogP contribution in [0, 0.1) is 6.92 Å². The molecular formula is C30H28BrN5O2. The van der Waals surface area contributed by atoms with Crippen LogP contribution in [-0.2, 0) is 11.3 Å². The summed E-state index contributed by atoms with van der Waals surface area (Å²) in [6.45, 7) is 6.22. The SMILES string of the molecule is CC[C@H](C)c1nc2ccc(Br)cc2c(=O)n1N=Cc1c(C)n(CC(=O)Nc2ccccc2)c2ccccc12. The molecule has 0 spiro atoms. The number of nitrogens with one attached hydrogen (secondary N) is 1. The van der Waals surface area contributed by atoms with Crippen molar-refractivity contribution in [1.82, 2.24) is 14.2 Å². The summed E-state index contributed by atoms with van der Waals surface area (Å²) in [5, 5.41) is 9.09. The predicted molar refractivity (Wildman–Crippen MR) is 157 cm³/mol. The molecule has 0 aliphatic heterocycles. The number of carbonyl (C=O) groups is 1. The Kier molecular flexibility index (Phi) is 7.24. The van der Waals surface area contributed by atoms with Gasteiger partial charge in [-0.2, -0.15) is 9.78 Å². The van der Waals surface area contributed by atoms with Crippen molar-refractivity contribution in [3.63, 3.8) is 0 Å². The van der Waals surface area contributed by atoms with Gasteiger partial charge in [0.25, 0.3) is 5.56 Å². The van der Waals surface area contributed by atoms with Gasteiger partial charge in [0, 0.05) is 38.2 Å². The Morgan fingerprint density at radius 1 is 1.08 bits per heavy atom. The van der Waals surface area contributed by atoms with E-state index in [1.807, 2.05) is 85.1 Å². The molecule has 2 aromatic heterocycles. The second kappa shape index (κ2) is 10.8. The number of carbonyl (C=O) groups excluding carboxylic acids is 1. The van der Waals surface area contributed by atoms with E-state index in [2.05, 4.69) is 33.3 Å². The molecule has 0 saturated heterocycles. The molecule has 192 valence electrons. The number of benzene rings is 3. The number of amides is 1. The third-order valence-corrected chi connectivity index (χ3v) is 7.32. The Hall–Kier alpha value is -4.04. The lowest BCUT2D eigenvalue weighted by atomic mass is 10.1. The fourth-order valence-corrected chi connectivity index (χ4v) is 4.95. The topological polar surface area (TPSA) is 81.3 Å². The van der Waals surface area contributed by atoms with Gasteiger partial charge in [-0.3, -0.25) is 9.59 Å². The van der Waals surface area contributed by atoms with Gasteiger partial charge in [-0.1, -0.05) is 66.2 Å². The van der Waals surface area contributed by atoms with Crippen LogP contribution in [0.15, 0.2) is 87.2 Å². The number of fused-ring (bicyclic) bond motifs is 2. The maximum Gasteiger partial charge on any atom is 0.282 e. The predicted octanol–water partition coefficient (Wildman–Crippen LogP) is 6.46. The van der Waals surface area contributed by atoms with Gasteiger partial charge in [0.2, 0.25) is 5.91 Å². The van der Waals surface area contributed by atoms with Gasteiger partial charge in [0.05, 0.1) is 17.1 Å². The fourth-order valence-electron chi connectivity index (χ4n) is 4.58. The van der Waals surface area contributed by atoms with Crippen molar-refractivity contribution in [2.24, 2.45) is 5.10 Å². The summed E-state index contributed by atoms with van der Waals surface area (Å²) < 4.78 is 4.20. The lowest BCUT2D eigenvalue weighted by Crippen LogP contribution is -2.23. The van der Waals surface area contributed by atoms with E-state index in [1.54, 1.807) is 12.3 Å². The first-order valence-corrected chi connectivity index (χ1v) is 13.4. The zero-order valence-electron chi connectivity index (χ0n) is 21.5. The quantitative estimate of drug-likeness (QED) is 0.228. The average Bonchev–Trinajstić information content (AvgIpc) is 3.18. The molecule has 0 bridgehead atoms. The van der Waals surface area contributed by atoms with Crippen LogP contribution in [0.3, 0.4) is 0 Å². The van der Waals surface area contributed by atoms with E-state index in [0.717, 1.165) is 38.7 Å². The molecule has 3 aromatic carbocycles. The maximum absolute atomic E-state index is 13.5. The first-order valence-electron chi connectivity index (χ1n) is 12.6. The van der Waals surface area contributed by atoms with E-state index in [4.69, 9.17) is 4.98 Å². The van der Waals surface area contributed by atoms with Crippen LogP contribution in [0.5, 0.6) is 0 Å². The summed E-state index contributed by atoms with van der Waals surface area (Å²) >= 11 is 3.46. The van der Waals surface area contributed by atoms with E-state index in [-0.39, 0.29) is 23.9 Å². The van der Waals surface area contributed by atoms with Crippen molar-refractivity contribution < 1.29 is 4.79 Å². The van der Waals surface area contributed by atoms with E-state index < -0.39 is 0 Å². The van der Waals surface area contributed by atoms with Gasteiger partial charge in [0.1, 0.15) is 12.4 Å². The molecule has 1 atom stereocenters. The first kappa shape index (κ1) is 25.6. The summed E-state index contributed by atoms with van der Waals surface area (Å²) in [5.74, 6) is 0.535. The highest BCUT2D eigenvalue weighted by atomic mass is 79.9. The molecule has 1 N–H and O–H groups in total. The highest BCUT2D eigenvalue weighted by Crippen LogP contribution is 2.26. The molecule has 0 radical (unpaired) electrons. The largest absolute Gasteiger partial charge is 0.335 e. The smallest absolute Gasteiger partial charge is 0.282 e. The number of halogens is 1. The molecule has 0 saturated carbocycles. The molecule has 0 aliphatic carbocycles. The van der Waals surface area contributed by atoms with Crippen LogP contribution >= 0.6 is 15.9 Å². The van der Waals surface area contributed by atoms with Crippen LogP contribution < -0.4 is 10.9 Å². The molecule has 5 aromatic rings. The monoisotopic (exact) mass is 569 g/mol. The Morgan fingerprint density at radius 2 is 1.82 bits per heavy atom. The Morgan fingerprint density at radius 3 is 2.58 bits per heavy atom. The number of hydrogen-bond acceptors (Lipinski definition) is 4. The average molecular weight is 570 g/mol. The lowest BCUT2D eigenvalue weighted by molar-refractivity contribution is -0.116. The molecule has 0 unspecified atom stereocenters. The Bertz CT molecular complexity index is 1740. The Balaban J connectivity index is 1.58. The lowest BCUT2D eigenvalue weighted by Gasteiger charge is -2.14. The summed E-state index contributed by atoms with van der Waals surface area (Å²) in [6, 6.07) is 22.8. The van der Waals surface area contributed by atoms with E-state index >= 15 is 0 Å². The standard InChI is InChI=1S/C30H28BrN5O2/c1-4-19(2)29-34-26-15-14-21(31)16-24(26)30(38)36(29)32-17-25-20(3)35(27-13-9-8-12-23(25)27)18-28(37)33-22-10-6-5-7-11-22/h5-17,19H,4,18H2,1-3H3,(H,33,37)/t19-/m0/s1. The van der Waals surface area contributed by atoms with E-state index in [1.165, 1.54) is 4.68 Å². The first-order chi connectivity index (χ1) is 18.4. The highest BCUT2D eigenvalue weighted by molar-refractivity contribution is 9.10. The zero-order valence-corrected chi connectivity index (χ0v) is 23.1. The van der Waals surface area contributed by atoms with Gasteiger partial charge in [-0.25, -0.2) is 4.98 Å². The van der Waals surface area contributed by atoms with Gasteiger partial charge in [0.15, 0.2) is 0 Å². The number of aromatic nitrogens is 3. The van der Waals surface area contributed by atoms with Crippen LogP contribution in [0.4, 0.5) is 5.69 Å². The van der Waals surface area contributed by atoms with E-state index in [0.29, 0.717) is 16.7 Å². The van der Waals surface area contributed by atoms with Crippen molar-refractivity contribution in [3.8, 4) is 0 Å². The molecule has 0 fully saturated rings. The summed E-state index contributed by atoms with van der Waals surface area (Å²) in [6.07, 6.45) is 2.53. The minimum absolute atomic E-state index is 0.0389. The molecular weight excluding hydrogens is 542 g/mol. The maximum atomic E-state index is 13.5. The second-order valence-corrected chi connectivity index (χ2v) is 10.2. The van der Waals surface area contributed by atoms with Crippen molar-refractivity contribution >= 4 is 55.5 Å². The van der Waals surface area contributed by atoms with Crippen LogP contribution in [-0.4, -0.2) is 26.3 Å². The summed E-state index contributed by atoms with van der Waals surface area (Å²) in [5.41, 5.74) is 3.84. The molecule has 2 heterocycles. The fraction of sp³-hybridized carbons (Fsp3) is 0.200. The third-order valence-electron chi connectivity index (χ3n) is 6.83. The van der Waals surface area contributed by atoms with Gasteiger partial charge >= 0.3 is 0 Å². The third kappa shape index (κ3) is 4.91. The normalized spacial score (nSPS) is 12.4. The molecule has 38 heavy (non-hydrogen) atoms. The highest BCUT2D eigenvalue weighted by Gasteiger charge is 2.18. The van der Waals surface area contributed by atoms with Crippen LogP contribution in [0.2, 0.25) is 0 Å². The van der Waals surface area contributed by atoms with Crippen LogP contribution in [0.25, 0.3) is 21.8 Å². The van der Waals surface area contributed by atoms with Gasteiger partial charge in [-0.05, 0) is 49.7 Å². The van der Waals surface area contributed by atoms with Crippen molar-refractivity contribution in [2.75, 3.05) is 5.32 Å². The molecule has 5 rings (SSSR count). The van der Waals surface area contributed by atoms with Crippen molar-refractivity contribution in [3.05, 3.63) is 105 Å². The zero-order chi connectivity index (χ0) is 26.8. The number of rotatable bonds is 7. The molecule has 1 amide bonds. The Labute approximate surface area is 229 Å². The minimum Gasteiger partial charge on any atom is -0.335 e. The van der Waals surface area contributed by atoms with Crippen molar-refractivity contribution in [2.45, 2.75) is 39.7 Å². The van der Waals surface area contributed by atoms with Gasteiger partial charge in [-0.15, -0.1) is 0 Å². The van der Waals surface area contributed by atoms with Crippen LogP contribution in [0.1, 0.15) is 43.3 Å². The molecule has 0 aliphatic rings. The molecule has 8 heteroatoms. The van der Waals surface area contributed by atoms with Crippen molar-refractivity contribution in [1.29, 1.82) is 0 Å². The summed E-state index contributed by atoms with van der Waals surface area (Å²) in [4.78, 5) is 31.2. The molecule has 7 nitrogen and oxygen atoms in total. The second-order valence-electron chi connectivity index (χ2n) is 9.32. The number of hydrogen-bond donors (Lipinski definition) is 1.